The van der Waals surface area contributed by atoms with Crippen LogP contribution in [-0.2, 0) is 6.61 Å². The van der Waals surface area contributed by atoms with E-state index in [0.717, 1.165) is 22.0 Å². The average molecular weight is 589 g/mol. The molecule has 0 N–H and O–H groups in total. The van der Waals surface area contributed by atoms with Crippen LogP contribution in [0.3, 0.4) is 0 Å². The molecule has 0 spiro atoms. The highest BCUT2D eigenvalue weighted by atomic mass is 79.9. The predicted molar refractivity (Wildman–Crippen MR) is 149 cm³/mol. The SMILES string of the molecule is CC[C@@H](C)c1nc2ccc(Br)cc2c(=O)n1N=Cc1ccc(OCc2ccc(Cl)cc2Cl)c(OC)c1. The van der Waals surface area contributed by atoms with E-state index in [9.17, 15) is 4.79 Å². The van der Waals surface area contributed by atoms with Gasteiger partial charge in [0.05, 0.1) is 24.2 Å². The maximum atomic E-state index is 13.3. The third kappa shape index (κ3) is 5.75. The van der Waals surface area contributed by atoms with Crippen LogP contribution < -0.4 is 15.0 Å². The number of nitrogens with zero attached hydrogens (tertiary/aromatic N) is 3. The minimum Gasteiger partial charge on any atom is -0.493 e. The molecule has 4 rings (SSSR count). The maximum absolute atomic E-state index is 13.3. The van der Waals surface area contributed by atoms with Crippen molar-refractivity contribution in [3.63, 3.8) is 0 Å². The van der Waals surface area contributed by atoms with Crippen LogP contribution in [0.4, 0.5) is 0 Å². The Balaban J connectivity index is 1.65. The van der Waals surface area contributed by atoms with Crippen LogP contribution in [0, 0.1) is 0 Å². The molecule has 4 aromatic rings. The van der Waals surface area contributed by atoms with Gasteiger partial charge in [0.25, 0.3) is 5.56 Å². The fraction of sp³-hybridized carbons (Fsp3) is 0.222. The van der Waals surface area contributed by atoms with Crippen molar-refractivity contribution in [3.8, 4) is 11.5 Å². The molecule has 0 saturated heterocycles. The van der Waals surface area contributed by atoms with E-state index in [2.05, 4.69) is 28.0 Å². The van der Waals surface area contributed by atoms with Gasteiger partial charge in [0.1, 0.15) is 12.4 Å². The molecule has 1 atom stereocenters. The smallest absolute Gasteiger partial charge is 0.282 e. The molecule has 0 aliphatic rings. The van der Waals surface area contributed by atoms with Crippen molar-refractivity contribution in [1.29, 1.82) is 0 Å². The first-order valence-electron chi connectivity index (χ1n) is 11.3. The van der Waals surface area contributed by atoms with Crippen molar-refractivity contribution in [2.24, 2.45) is 5.10 Å². The molecule has 3 aromatic carbocycles. The van der Waals surface area contributed by atoms with Gasteiger partial charge in [0.2, 0.25) is 0 Å². The lowest BCUT2D eigenvalue weighted by Crippen LogP contribution is -2.23. The van der Waals surface area contributed by atoms with E-state index >= 15 is 0 Å². The van der Waals surface area contributed by atoms with Crippen molar-refractivity contribution in [2.75, 3.05) is 7.11 Å². The summed E-state index contributed by atoms with van der Waals surface area (Å²) in [4.78, 5) is 18.1. The Kier molecular flexibility index (Phi) is 8.34. The zero-order valence-corrected chi connectivity index (χ0v) is 23.1. The first-order chi connectivity index (χ1) is 17.3. The second kappa shape index (κ2) is 11.5. The van der Waals surface area contributed by atoms with Gasteiger partial charge in [0, 0.05) is 26.0 Å². The van der Waals surface area contributed by atoms with E-state index in [1.807, 2.05) is 31.2 Å². The van der Waals surface area contributed by atoms with Gasteiger partial charge in [-0.2, -0.15) is 9.78 Å². The fourth-order valence-corrected chi connectivity index (χ4v) is 4.41. The summed E-state index contributed by atoms with van der Waals surface area (Å²) in [6, 6.07) is 16.2. The van der Waals surface area contributed by atoms with Gasteiger partial charge >= 0.3 is 0 Å². The monoisotopic (exact) mass is 587 g/mol. The molecule has 6 nitrogen and oxygen atoms in total. The van der Waals surface area contributed by atoms with Crippen LogP contribution in [-0.4, -0.2) is 23.0 Å². The van der Waals surface area contributed by atoms with Gasteiger partial charge in [-0.25, -0.2) is 4.98 Å². The quantitative estimate of drug-likeness (QED) is 0.200. The molecular formula is C27H24BrCl2N3O3. The maximum Gasteiger partial charge on any atom is 0.282 e. The topological polar surface area (TPSA) is 65.7 Å². The molecule has 186 valence electrons. The Labute approximate surface area is 227 Å². The highest BCUT2D eigenvalue weighted by Gasteiger charge is 2.16. The number of hydrogen-bond donors (Lipinski definition) is 0. The van der Waals surface area contributed by atoms with Crippen LogP contribution >= 0.6 is 39.1 Å². The summed E-state index contributed by atoms with van der Waals surface area (Å²) in [5, 5.41) is 6.11. The highest BCUT2D eigenvalue weighted by molar-refractivity contribution is 9.10. The van der Waals surface area contributed by atoms with E-state index in [-0.39, 0.29) is 18.1 Å². The lowest BCUT2D eigenvalue weighted by molar-refractivity contribution is 0.284. The molecule has 0 saturated carbocycles. The van der Waals surface area contributed by atoms with Crippen LogP contribution in [0.5, 0.6) is 11.5 Å². The van der Waals surface area contributed by atoms with Crippen molar-refractivity contribution >= 4 is 56.2 Å². The molecule has 0 unspecified atom stereocenters. The molecule has 1 heterocycles. The average Bonchev–Trinajstić information content (AvgIpc) is 2.87. The minimum absolute atomic E-state index is 0.0490. The molecule has 0 radical (unpaired) electrons. The van der Waals surface area contributed by atoms with E-state index in [0.29, 0.717) is 38.3 Å². The lowest BCUT2D eigenvalue weighted by atomic mass is 10.1. The molecule has 36 heavy (non-hydrogen) atoms. The van der Waals surface area contributed by atoms with Crippen molar-refractivity contribution in [1.82, 2.24) is 9.66 Å². The molecular weight excluding hydrogens is 565 g/mol. The van der Waals surface area contributed by atoms with Gasteiger partial charge in [-0.05, 0) is 60.5 Å². The second-order valence-electron chi connectivity index (χ2n) is 8.24. The third-order valence-electron chi connectivity index (χ3n) is 5.79. The zero-order valence-electron chi connectivity index (χ0n) is 20.0. The standard InChI is InChI=1S/C27H24BrCl2N3O3/c1-4-16(2)26-32-23-9-7-19(28)12-21(23)27(34)33(26)31-14-17-5-10-24(25(11-17)35-3)36-15-18-6-8-20(29)13-22(18)30/h5-14,16H,4,15H2,1-3H3/t16-/m1/s1. The summed E-state index contributed by atoms with van der Waals surface area (Å²) in [6.45, 7) is 4.34. The minimum atomic E-state index is -0.223. The van der Waals surface area contributed by atoms with Crippen LogP contribution in [0.1, 0.15) is 43.1 Å². The highest BCUT2D eigenvalue weighted by Crippen LogP contribution is 2.30. The number of methoxy groups -OCH3 is 1. The third-order valence-corrected chi connectivity index (χ3v) is 6.87. The van der Waals surface area contributed by atoms with Crippen LogP contribution in [0.15, 0.2) is 69.0 Å². The number of ether oxygens (including phenoxy) is 2. The molecule has 0 fully saturated rings. The number of benzene rings is 3. The first-order valence-corrected chi connectivity index (χ1v) is 12.9. The summed E-state index contributed by atoms with van der Waals surface area (Å²) in [7, 11) is 1.56. The predicted octanol–water partition coefficient (Wildman–Crippen LogP) is 7.45. The van der Waals surface area contributed by atoms with Crippen molar-refractivity contribution < 1.29 is 9.47 Å². The number of halogens is 3. The normalized spacial score (nSPS) is 12.3. The Morgan fingerprint density at radius 1 is 1.11 bits per heavy atom. The molecule has 0 aliphatic heterocycles. The Morgan fingerprint density at radius 3 is 2.64 bits per heavy atom. The van der Waals surface area contributed by atoms with Gasteiger partial charge < -0.3 is 9.47 Å². The van der Waals surface area contributed by atoms with Gasteiger partial charge in [-0.1, -0.05) is 59.0 Å². The summed E-state index contributed by atoms with van der Waals surface area (Å²) < 4.78 is 13.6. The van der Waals surface area contributed by atoms with Crippen LogP contribution in [0.25, 0.3) is 10.9 Å². The number of hydrogen-bond acceptors (Lipinski definition) is 5. The largest absolute Gasteiger partial charge is 0.493 e. The Hall–Kier alpha value is -2.87. The first kappa shape index (κ1) is 26.2. The van der Waals surface area contributed by atoms with Gasteiger partial charge in [-0.15, -0.1) is 0 Å². The molecule has 0 bridgehead atoms. The molecule has 0 aliphatic carbocycles. The Bertz CT molecular complexity index is 1500. The van der Waals surface area contributed by atoms with Crippen molar-refractivity contribution in [3.05, 3.63) is 96.4 Å². The molecule has 9 heteroatoms. The molecule has 1 aromatic heterocycles. The molecule has 0 amide bonds. The number of rotatable bonds is 8. The lowest BCUT2D eigenvalue weighted by Gasteiger charge is -2.14. The van der Waals surface area contributed by atoms with E-state index in [1.165, 1.54) is 4.68 Å². The van der Waals surface area contributed by atoms with E-state index in [1.54, 1.807) is 43.7 Å². The summed E-state index contributed by atoms with van der Waals surface area (Å²) >= 11 is 15.6. The summed E-state index contributed by atoms with van der Waals surface area (Å²) in [5.74, 6) is 1.74. The fourth-order valence-electron chi connectivity index (χ4n) is 3.58. The van der Waals surface area contributed by atoms with E-state index < -0.39 is 0 Å². The van der Waals surface area contributed by atoms with Crippen molar-refractivity contribution in [2.45, 2.75) is 32.8 Å². The number of fused-ring (bicyclic) bond motifs is 1. The Morgan fingerprint density at radius 2 is 1.92 bits per heavy atom. The van der Waals surface area contributed by atoms with Gasteiger partial charge in [-0.3, -0.25) is 4.79 Å². The number of aromatic nitrogens is 2. The zero-order chi connectivity index (χ0) is 25.8. The summed E-state index contributed by atoms with van der Waals surface area (Å²) in [5.41, 5.74) is 1.97. The van der Waals surface area contributed by atoms with Gasteiger partial charge in [0.15, 0.2) is 11.5 Å². The van der Waals surface area contributed by atoms with Crippen LogP contribution in [0.2, 0.25) is 10.0 Å². The summed E-state index contributed by atoms with van der Waals surface area (Å²) in [6.07, 6.45) is 2.43. The second-order valence-corrected chi connectivity index (χ2v) is 10.00. The van der Waals surface area contributed by atoms with E-state index in [4.69, 9.17) is 37.7 Å².